The van der Waals surface area contributed by atoms with E-state index in [1.165, 1.54) is 23.6 Å². The minimum Gasteiger partial charge on any atom is -0.465 e. The number of nitrogens with zero attached hydrogens (tertiary/aromatic N) is 5. The summed E-state index contributed by atoms with van der Waals surface area (Å²) in [5.41, 5.74) is 3.42. The summed E-state index contributed by atoms with van der Waals surface area (Å²) >= 11 is 0. The first-order valence-corrected chi connectivity index (χ1v) is 11.5. The molecule has 0 aliphatic carbocycles. The van der Waals surface area contributed by atoms with Crippen LogP contribution in [-0.4, -0.2) is 62.7 Å². The summed E-state index contributed by atoms with van der Waals surface area (Å²) in [5.74, 6) is -1.27. The second kappa shape index (κ2) is 10.3. The van der Waals surface area contributed by atoms with Gasteiger partial charge >= 0.3 is 12.1 Å². The summed E-state index contributed by atoms with van der Waals surface area (Å²) in [6.07, 6.45) is 5.47. The fourth-order valence-corrected chi connectivity index (χ4v) is 3.75. The van der Waals surface area contributed by atoms with Crippen molar-refractivity contribution in [2.75, 3.05) is 20.2 Å². The molecule has 4 rings (SSSR count). The van der Waals surface area contributed by atoms with Crippen molar-refractivity contribution in [3.05, 3.63) is 71.4 Å². The molecule has 0 radical (unpaired) electrons. The van der Waals surface area contributed by atoms with Crippen LogP contribution in [0.25, 0.3) is 16.8 Å². The number of benzene rings is 1. The number of aromatic nitrogens is 4. The molecule has 0 saturated carbocycles. The Labute approximate surface area is 208 Å². The maximum atomic E-state index is 14.4. The van der Waals surface area contributed by atoms with E-state index in [9.17, 15) is 14.0 Å². The van der Waals surface area contributed by atoms with Gasteiger partial charge in [-0.3, -0.25) is 4.98 Å². The standard InChI is InChI=1S/C26H28FN5O4/c1-26(2,3)36-25(34)31-11-9-18(10-12-31)17-5-7-19(8-6-17)22-15-32(30-29-22)16-23-21(27)13-20(14-28-23)24(33)35-4/h5-9,13-15H,10-12,16H2,1-4H3. The SMILES string of the molecule is COC(=O)c1cnc(Cn2cc(-c3ccc(C4=CCN(C(=O)OC(C)(C)C)CC4)cc3)nn2)c(F)c1. The van der Waals surface area contributed by atoms with Crippen LogP contribution in [0.5, 0.6) is 0 Å². The molecule has 0 saturated heterocycles. The summed E-state index contributed by atoms with van der Waals surface area (Å²) in [6, 6.07) is 9.02. The zero-order valence-electron chi connectivity index (χ0n) is 20.7. The van der Waals surface area contributed by atoms with Crippen LogP contribution in [-0.2, 0) is 16.0 Å². The Morgan fingerprint density at radius 2 is 1.86 bits per heavy atom. The van der Waals surface area contributed by atoms with Crippen LogP contribution in [0.2, 0.25) is 0 Å². The van der Waals surface area contributed by atoms with E-state index in [4.69, 9.17) is 4.74 Å². The van der Waals surface area contributed by atoms with Crippen molar-refractivity contribution in [2.45, 2.75) is 39.3 Å². The lowest BCUT2D eigenvalue weighted by Crippen LogP contribution is -2.39. The van der Waals surface area contributed by atoms with E-state index in [0.29, 0.717) is 18.8 Å². The number of halogens is 1. The molecule has 188 valence electrons. The number of carbonyl (C=O) groups excluding carboxylic acids is 2. The molecule has 2 aromatic heterocycles. The Morgan fingerprint density at radius 3 is 2.47 bits per heavy atom. The summed E-state index contributed by atoms with van der Waals surface area (Å²) in [4.78, 5) is 29.5. The van der Waals surface area contributed by atoms with Crippen molar-refractivity contribution in [1.82, 2.24) is 24.9 Å². The van der Waals surface area contributed by atoms with Crippen molar-refractivity contribution in [1.29, 1.82) is 0 Å². The van der Waals surface area contributed by atoms with E-state index < -0.39 is 17.4 Å². The van der Waals surface area contributed by atoms with Crippen LogP contribution >= 0.6 is 0 Å². The molecular weight excluding hydrogens is 465 g/mol. The van der Waals surface area contributed by atoms with Gasteiger partial charge in [-0.2, -0.15) is 0 Å². The molecule has 3 aromatic rings. The van der Waals surface area contributed by atoms with E-state index in [1.54, 1.807) is 11.1 Å². The molecule has 36 heavy (non-hydrogen) atoms. The zero-order chi connectivity index (χ0) is 25.9. The minimum absolute atomic E-state index is 0.0451. The number of amides is 1. The van der Waals surface area contributed by atoms with Gasteiger partial charge in [0.1, 0.15) is 17.1 Å². The van der Waals surface area contributed by atoms with E-state index in [1.807, 2.05) is 51.1 Å². The Kier molecular flexibility index (Phi) is 7.14. The lowest BCUT2D eigenvalue weighted by molar-refractivity contribution is 0.0270. The topological polar surface area (TPSA) is 99.4 Å². The molecule has 0 bridgehead atoms. The smallest absolute Gasteiger partial charge is 0.410 e. The number of esters is 1. The first-order chi connectivity index (χ1) is 17.1. The quantitative estimate of drug-likeness (QED) is 0.488. The molecule has 10 heteroatoms. The Hall–Kier alpha value is -4.08. The third kappa shape index (κ3) is 5.94. The average Bonchev–Trinajstić information content (AvgIpc) is 3.32. The maximum Gasteiger partial charge on any atom is 0.410 e. The van der Waals surface area contributed by atoms with Gasteiger partial charge in [0.2, 0.25) is 0 Å². The molecule has 0 fully saturated rings. The summed E-state index contributed by atoms with van der Waals surface area (Å²) in [6.45, 7) is 6.74. The van der Waals surface area contributed by atoms with Gasteiger partial charge in [0.15, 0.2) is 0 Å². The van der Waals surface area contributed by atoms with E-state index >= 15 is 0 Å². The van der Waals surface area contributed by atoms with Crippen LogP contribution in [0, 0.1) is 5.82 Å². The number of rotatable bonds is 5. The third-order valence-electron chi connectivity index (χ3n) is 5.60. The Morgan fingerprint density at radius 1 is 1.14 bits per heavy atom. The highest BCUT2D eigenvalue weighted by atomic mass is 19.1. The highest BCUT2D eigenvalue weighted by molar-refractivity contribution is 5.88. The number of ether oxygens (including phenoxy) is 2. The van der Waals surface area contributed by atoms with Gasteiger partial charge in [-0.1, -0.05) is 35.6 Å². The molecule has 1 amide bonds. The molecule has 0 N–H and O–H groups in total. The van der Waals surface area contributed by atoms with Crippen molar-refractivity contribution in [3.63, 3.8) is 0 Å². The van der Waals surface area contributed by atoms with E-state index in [-0.39, 0.29) is 23.9 Å². The van der Waals surface area contributed by atoms with Gasteiger partial charge in [-0.15, -0.1) is 5.10 Å². The van der Waals surface area contributed by atoms with Crippen LogP contribution in [0.4, 0.5) is 9.18 Å². The fraction of sp³-hybridized carbons (Fsp3) is 0.346. The fourth-order valence-electron chi connectivity index (χ4n) is 3.75. The van der Waals surface area contributed by atoms with Crippen LogP contribution in [0.3, 0.4) is 0 Å². The van der Waals surface area contributed by atoms with Crippen LogP contribution in [0.1, 0.15) is 48.8 Å². The minimum atomic E-state index is -0.649. The monoisotopic (exact) mass is 493 g/mol. The van der Waals surface area contributed by atoms with Crippen molar-refractivity contribution < 1.29 is 23.5 Å². The van der Waals surface area contributed by atoms with E-state index in [0.717, 1.165) is 23.6 Å². The summed E-state index contributed by atoms with van der Waals surface area (Å²) in [7, 11) is 1.23. The van der Waals surface area contributed by atoms with E-state index in [2.05, 4.69) is 20.0 Å². The first kappa shape index (κ1) is 25.0. The number of hydrogen-bond acceptors (Lipinski definition) is 7. The van der Waals surface area contributed by atoms with Gasteiger partial charge in [0.05, 0.1) is 31.1 Å². The van der Waals surface area contributed by atoms with Crippen molar-refractivity contribution in [3.8, 4) is 11.3 Å². The molecule has 1 aromatic carbocycles. The van der Waals surface area contributed by atoms with Gasteiger partial charge < -0.3 is 14.4 Å². The highest BCUT2D eigenvalue weighted by Gasteiger charge is 2.24. The first-order valence-electron chi connectivity index (χ1n) is 11.5. The second-order valence-corrected chi connectivity index (χ2v) is 9.43. The highest BCUT2D eigenvalue weighted by Crippen LogP contribution is 2.26. The third-order valence-corrected chi connectivity index (χ3v) is 5.60. The molecular formula is C26H28FN5O4. The maximum absolute atomic E-state index is 14.4. The zero-order valence-corrected chi connectivity index (χ0v) is 20.7. The average molecular weight is 494 g/mol. The van der Waals surface area contributed by atoms with Crippen LogP contribution < -0.4 is 0 Å². The normalized spacial score (nSPS) is 13.8. The molecule has 0 atom stereocenters. The van der Waals surface area contributed by atoms with Crippen molar-refractivity contribution >= 4 is 17.6 Å². The lowest BCUT2D eigenvalue weighted by Gasteiger charge is -2.29. The Bertz CT molecular complexity index is 1290. The predicted molar refractivity (Wildman–Crippen MR) is 130 cm³/mol. The molecule has 0 spiro atoms. The number of hydrogen-bond donors (Lipinski definition) is 0. The predicted octanol–water partition coefficient (Wildman–Crippen LogP) is 4.34. The van der Waals surface area contributed by atoms with Gasteiger partial charge in [0, 0.05) is 24.8 Å². The molecule has 9 nitrogen and oxygen atoms in total. The second-order valence-electron chi connectivity index (χ2n) is 9.43. The molecule has 0 unspecified atom stereocenters. The largest absolute Gasteiger partial charge is 0.465 e. The van der Waals surface area contributed by atoms with Crippen LogP contribution in [0.15, 0.2) is 48.8 Å². The number of methoxy groups -OCH3 is 1. The van der Waals surface area contributed by atoms with Gasteiger partial charge in [0.25, 0.3) is 0 Å². The van der Waals surface area contributed by atoms with Crippen molar-refractivity contribution in [2.24, 2.45) is 0 Å². The molecule has 3 heterocycles. The Balaban J connectivity index is 1.40. The number of carbonyl (C=O) groups is 2. The van der Waals surface area contributed by atoms with Gasteiger partial charge in [-0.25, -0.2) is 18.7 Å². The van der Waals surface area contributed by atoms with Gasteiger partial charge in [-0.05, 0) is 44.4 Å². The summed E-state index contributed by atoms with van der Waals surface area (Å²) < 4.78 is 25.9. The molecule has 1 aliphatic rings. The summed E-state index contributed by atoms with van der Waals surface area (Å²) in [5, 5.41) is 8.26. The number of pyridine rings is 1. The molecule has 1 aliphatic heterocycles. The lowest BCUT2D eigenvalue weighted by atomic mass is 9.98.